The Balaban J connectivity index is 1.46. The molecule has 0 aliphatic heterocycles. The van der Waals surface area contributed by atoms with E-state index < -0.39 is 0 Å². The number of thiazole rings is 1. The summed E-state index contributed by atoms with van der Waals surface area (Å²) in [6.07, 6.45) is 0. The van der Waals surface area contributed by atoms with Crippen molar-refractivity contribution in [1.82, 2.24) is 4.98 Å². The van der Waals surface area contributed by atoms with Gasteiger partial charge in [-0.3, -0.25) is 4.79 Å². The van der Waals surface area contributed by atoms with Crippen LogP contribution in [-0.2, 0) is 4.79 Å². The number of fused-ring (bicyclic) bond motifs is 1. The van der Waals surface area contributed by atoms with Crippen molar-refractivity contribution >= 4 is 56.5 Å². The Bertz CT molecular complexity index is 1240. The molecule has 0 aliphatic rings. The van der Waals surface area contributed by atoms with Gasteiger partial charge in [-0.25, -0.2) is 4.98 Å². The predicted octanol–water partition coefficient (Wildman–Crippen LogP) is 6.36. The molecule has 0 atom stereocenters. The molecule has 3 aromatic carbocycles. The summed E-state index contributed by atoms with van der Waals surface area (Å²) in [5, 5.41) is 7.98. The predicted molar refractivity (Wildman–Crippen MR) is 129 cm³/mol. The molecular formula is C23H19ClN2O3S2. The third-order valence-electron chi connectivity index (χ3n) is 4.61. The molecule has 0 unspecified atom stereocenters. The number of ether oxygens (including phenoxy) is 2. The van der Waals surface area contributed by atoms with Crippen LogP contribution in [0, 0.1) is 0 Å². The highest BCUT2D eigenvalue weighted by atomic mass is 35.5. The monoisotopic (exact) mass is 470 g/mol. The lowest BCUT2D eigenvalue weighted by atomic mass is 10.1. The minimum Gasteiger partial charge on any atom is -0.497 e. The van der Waals surface area contributed by atoms with Gasteiger partial charge in [-0.15, -0.1) is 23.1 Å². The number of anilines is 1. The van der Waals surface area contributed by atoms with Crippen LogP contribution < -0.4 is 14.8 Å². The number of rotatable bonds is 7. The number of thioether (sulfide) groups is 1. The van der Waals surface area contributed by atoms with Gasteiger partial charge < -0.3 is 14.8 Å². The van der Waals surface area contributed by atoms with E-state index in [1.54, 1.807) is 14.2 Å². The van der Waals surface area contributed by atoms with Crippen LogP contribution in [0.4, 0.5) is 5.13 Å². The molecule has 4 rings (SSSR count). The number of carbonyl (C=O) groups excluding carboxylic acids is 1. The highest BCUT2D eigenvalue weighted by molar-refractivity contribution is 8.00. The third kappa shape index (κ3) is 4.79. The molecule has 0 radical (unpaired) electrons. The number of aromatic nitrogens is 1. The highest BCUT2D eigenvalue weighted by Gasteiger charge is 2.14. The fourth-order valence-electron chi connectivity index (χ4n) is 3.15. The Labute approximate surface area is 193 Å². The molecule has 0 saturated heterocycles. The average Bonchev–Trinajstić information content (AvgIpc) is 3.25. The van der Waals surface area contributed by atoms with E-state index in [4.69, 9.17) is 21.1 Å². The maximum atomic E-state index is 12.5. The molecule has 31 heavy (non-hydrogen) atoms. The van der Waals surface area contributed by atoms with Gasteiger partial charge in [0.15, 0.2) is 5.13 Å². The Kier molecular flexibility index (Phi) is 6.65. The van der Waals surface area contributed by atoms with Gasteiger partial charge in [-0.1, -0.05) is 35.9 Å². The molecule has 1 aromatic heterocycles. The van der Waals surface area contributed by atoms with E-state index in [-0.39, 0.29) is 11.7 Å². The summed E-state index contributed by atoms with van der Waals surface area (Å²) >= 11 is 9.18. The zero-order chi connectivity index (χ0) is 21.8. The van der Waals surface area contributed by atoms with E-state index in [0.717, 1.165) is 21.2 Å². The van der Waals surface area contributed by atoms with E-state index in [1.165, 1.54) is 23.1 Å². The van der Waals surface area contributed by atoms with E-state index >= 15 is 0 Å². The SMILES string of the molecule is COc1ccc(OC)c(-c2csc(NC(=O)CSc3cccc4cccc(Cl)c34)n2)c1. The molecule has 1 amide bonds. The van der Waals surface area contributed by atoms with Gasteiger partial charge in [0.05, 0.1) is 25.7 Å². The Hall–Kier alpha value is -2.74. The summed E-state index contributed by atoms with van der Waals surface area (Å²) in [7, 11) is 3.22. The van der Waals surface area contributed by atoms with Crippen molar-refractivity contribution in [2.45, 2.75) is 4.90 Å². The lowest BCUT2D eigenvalue weighted by Crippen LogP contribution is -2.13. The Morgan fingerprint density at radius 1 is 1.13 bits per heavy atom. The first kappa shape index (κ1) is 21.5. The highest BCUT2D eigenvalue weighted by Crippen LogP contribution is 2.36. The number of benzene rings is 3. The number of halogens is 1. The first-order valence-electron chi connectivity index (χ1n) is 9.37. The second-order valence-corrected chi connectivity index (χ2v) is 8.82. The summed E-state index contributed by atoms with van der Waals surface area (Å²) < 4.78 is 10.7. The summed E-state index contributed by atoms with van der Waals surface area (Å²) in [5.74, 6) is 1.52. The second-order valence-electron chi connectivity index (χ2n) is 6.54. The molecule has 5 nitrogen and oxygen atoms in total. The van der Waals surface area contributed by atoms with Crippen molar-refractivity contribution in [1.29, 1.82) is 0 Å². The van der Waals surface area contributed by atoms with E-state index in [1.807, 2.05) is 60.0 Å². The fraction of sp³-hybridized carbons (Fsp3) is 0.130. The van der Waals surface area contributed by atoms with Gasteiger partial charge >= 0.3 is 0 Å². The van der Waals surface area contributed by atoms with E-state index in [9.17, 15) is 4.79 Å². The minimum atomic E-state index is -0.132. The van der Waals surface area contributed by atoms with Crippen LogP contribution in [0.15, 0.2) is 64.9 Å². The van der Waals surface area contributed by atoms with Crippen LogP contribution in [-0.4, -0.2) is 30.9 Å². The number of hydrogen-bond donors (Lipinski definition) is 1. The maximum absolute atomic E-state index is 12.5. The van der Waals surface area contributed by atoms with E-state index in [0.29, 0.717) is 27.3 Å². The molecule has 0 fully saturated rings. The standard InChI is InChI=1S/C23H19ClN2O3S2/c1-28-15-9-10-19(29-2)16(11-15)18-12-31-23(25-18)26-21(27)13-30-20-8-4-6-14-5-3-7-17(24)22(14)20/h3-12H,13H2,1-2H3,(H,25,26,27). The largest absolute Gasteiger partial charge is 0.497 e. The molecule has 0 spiro atoms. The Morgan fingerprint density at radius 2 is 1.94 bits per heavy atom. The average molecular weight is 471 g/mol. The molecule has 0 aliphatic carbocycles. The molecular weight excluding hydrogens is 452 g/mol. The lowest BCUT2D eigenvalue weighted by Gasteiger charge is -2.08. The number of hydrogen-bond acceptors (Lipinski definition) is 6. The molecule has 4 aromatic rings. The topological polar surface area (TPSA) is 60.5 Å². The van der Waals surface area contributed by atoms with Crippen LogP contribution in [0.3, 0.4) is 0 Å². The summed E-state index contributed by atoms with van der Waals surface area (Å²) in [5.41, 5.74) is 1.52. The number of carbonyl (C=O) groups is 1. The van der Waals surface area contributed by atoms with E-state index in [2.05, 4.69) is 10.3 Å². The first-order valence-corrected chi connectivity index (χ1v) is 11.6. The van der Waals surface area contributed by atoms with Crippen molar-refractivity contribution in [3.63, 3.8) is 0 Å². The summed E-state index contributed by atoms with van der Waals surface area (Å²) in [6, 6.07) is 17.3. The molecule has 1 heterocycles. The summed E-state index contributed by atoms with van der Waals surface area (Å²) in [4.78, 5) is 18.0. The molecule has 0 bridgehead atoms. The van der Waals surface area contributed by atoms with Gasteiger partial charge in [0.2, 0.25) is 5.91 Å². The van der Waals surface area contributed by atoms with Crippen molar-refractivity contribution in [3.05, 3.63) is 65.0 Å². The lowest BCUT2D eigenvalue weighted by molar-refractivity contribution is -0.113. The van der Waals surface area contributed by atoms with Gasteiger partial charge in [-0.2, -0.15) is 0 Å². The minimum absolute atomic E-state index is 0.132. The Morgan fingerprint density at radius 3 is 2.71 bits per heavy atom. The third-order valence-corrected chi connectivity index (χ3v) is 6.74. The molecule has 158 valence electrons. The van der Waals surface area contributed by atoms with Gasteiger partial charge in [-0.05, 0) is 35.7 Å². The van der Waals surface area contributed by atoms with Crippen molar-refractivity contribution in [2.75, 3.05) is 25.3 Å². The second kappa shape index (κ2) is 9.60. The molecule has 1 N–H and O–H groups in total. The van der Waals surface area contributed by atoms with Crippen LogP contribution in [0.25, 0.3) is 22.0 Å². The first-order chi connectivity index (χ1) is 15.1. The van der Waals surface area contributed by atoms with Gasteiger partial charge in [0.1, 0.15) is 11.5 Å². The van der Waals surface area contributed by atoms with Gasteiger partial charge in [0.25, 0.3) is 0 Å². The van der Waals surface area contributed by atoms with Crippen LogP contribution in [0.5, 0.6) is 11.5 Å². The number of nitrogens with zero attached hydrogens (tertiary/aromatic N) is 1. The fourth-order valence-corrected chi connectivity index (χ4v) is 5.12. The van der Waals surface area contributed by atoms with Crippen LogP contribution in [0.1, 0.15) is 0 Å². The normalized spacial score (nSPS) is 10.8. The smallest absolute Gasteiger partial charge is 0.236 e. The number of nitrogens with one attached hydrogen (secondary N) is 1. The van der Waals surface area contributed by atoms with Gasteiger partial charge in [0, 0.05) is 26.2 Å². The number of methoxy groups -OCH3 is 2. The van der Waals surface area contributed by atoms with Crippen molar-refractivity contribution in [2.24, 2.45) is 0 Å². The zero-order valence-corrected chi connectivity index (χ0v) is 19.2. The van der Waals surface area contributed by atoms with Crippen molar-refractivity contribution < 1.29 is 14.3 Å². The quantitative estimate of drug-likeness (QED) is 0.318. The van der Waals surface area contributed by atoms with Crippen LogP contribution >= 0.6 is 34.7 Å². The van der Waals surface area contributed by atoms with Crippen molar-refractivity contribution in [3.8, 4) is 22.8 Å². The molecule has 0 saturated carbocycles. The number of amides is 1. The summed E-state index contributed by atoms with van der Waals surface area (Å²) in [6.45, 7) is 0. The maximum Gasteiger partial charge on any atom is 0.236 e. The zero-order valence-electron chi connectivity index (χ0n) is 16.8. The molecule has 8 heteroatoms. The van der Waals surface area contributed by atoms with Crippen LogP contribution in [0.2, 0.25) is 5.02 Å².